The Balaban J connectivity index is 2.43. The van der Waals surface area contributed by atoms with Gasteiger partial charge in [0.25, 0.3) is 0 Å². The van der Waals surface area contributed by atoms with Gasteiger partial charge in [-0.3, -0.25) is 0 Å². The molecular weight excluding hydrogens is 257 g/mol. The summed E-state index contributed by atoms with van der Waals surface area (Å²) < 4.78 is 24.2. The average molecular weight is 271 g/mol. The van der Waals surface area contributed by atoms with Crippen molar-refractivity contribution in [3.8, 4) is 22.9 Å². The van der Waals surface area contributed by atoms with Crippen LogP contribution in [0.15, 0.2) is 42.5 Å². The lowest BCUT2D eigenvalue weighted by molar-refractivity contribution is 0.146. The van der Waals surface area contributed by atoms with Crippen LogP contribution in [0.3, 0.4) is 0 Å². The van der Waals surface area contributed by atoms with Crippen molar-refractivity contribution in [3.05, 3.63) is 53.8 Å². The van der Waals surface area contributed by atoms with Crippen molar-refractivity contribution in [2.45, 2.75) is 0 Å². The number of rotatable bonds is 5. The van der Waals surface area contributed by atoms with Gasteiger partial charge in [0.15, 0.2) is 0 Å². The molecule has 3 nitrogen and oxygen atoms in total. The first-order chi connectivity index (χ1) is 9.77. The molecule has 2 rings (SSSR count). The van der Waals surface area contributed by atoms with Crippen molar-refractivity contribution < 1.29 is 13.9 Å². The summed E-state index contributed by atoms with van der Waals surface area (Å²) in [7, 11) is 1.59. The second-order valence-electron chi connectivity index (χ2n) is 4.11. The average Bonchev–Trinajstić information content (AvgIpc) is 2.48. The van der Waals surface area contributed by atoms with E-state index >= 15 is 0 Å². The maximum Gasteiger partial charge on any atom is 0.141 e. The quantitative estimate of drug-likeness (QED) is 0.783. The van der Waals surface area contributed by atoms with Gasteiger partial charge < -0.3 is 9.47 Å². The number of nitriles is 1. The molecule has 102 valence electrons. The second kappa shape index (κ2) is 6.69. The van der Waals surface area contributed by atoms with Crippen molar-refractivity contribution in [3.63, 3.8) is 0 Å². The summed E-state index contributed by atoms with van der Waals surface area (Å²) in [5, 5.41) is 9.11. The summed E-state index contributed by atoms with van der Waals surface area (Å²) in [4.78, 5) is 0. The normalized spacial score (nSPS) is 10.1. The fourth-order valence-electron chi connectivity index (χ4n) is 1.91. The highest BCUT2D eigenvalue weighted by Gasteiger charge is 2.13. The topological polar surface area (TPSA) is 42.2 Å². The molecule has 0 fully saturated rings. The van der Waals surface area contributed by atoms with Crippen LogP contribution < -0.4 is 4.74 Å². The third kappa shape index (κ3) is 2.95. The van der Waals surface area contributed by atoms with Crippen LogP contribution in [0.4, 0.5) is 4.39 Å². The molecule has 0 atom stereocenters. The third-order valence-electron chi connectivity index (χ3n) is 2.85. The molecule has 2 aromatic carbocycles. The molecule has 0 N–H and O–H groups in total. The maximum atomic E-state index is 13.7. The Labute approximate surface area is 117 Å². The van der Waals surface area contributed by atoms with E-state index in [2.05, 4.69) is 0 Å². The molecule has 0 bridgehead atoms. The number of benzene rings is 2. The highest BCUT2D eigenvalue weighted by atomic mass is 19.1. The summed E-state index contributed by atoms with van der Waals surface area (Å²) >= 11 is 0. The van der Waals surface area contributed by atoms with Gasteiger partial charge in [-0.1, -0.05) is 30.3 Å². The van der Waals surface area contributed by atoms with Crippen molar-refractivity contribution >= 4 is 0 Å². The summed E-state index contributed by atoms with van der Waals surface area (Å²) in [5.74, 6) is 0.0725. The summed E-state index contributed by atoms with van der Waals surface area (Å²) in [6, 6.07) is 13.7. The summed E-state index contributed by atoms with van der Waals surface area (Å²) in [5.41, 5.74) is 1.25. The van der Waals surface area contributed by atoms with Crippen LogP contribution >= 0.6 is 0 Å². The van der Waals surface area contributed by atoms with Gasteiger partial charge in [-0.2, -0.15) is 5.26 Å². The van der Waals surface area contributed by atoms with E-state index in [1.54, 1.807) is 31.4 Å². The monoisotopic (exact) mass is 271 g/mol. The van der Waals surface area contributed by atoms with E-state index in [1.807, 2.05) is 18.2 Å². The van der Waals surface area contributed by atoms with Crippen LogP contribution in [0.5, 0.6) is 5.75 Å². The largest absolute Gasteiger partial charge is 0.491 e. The number of methoxy groups -OCH3 is 1. The summed E-state index contributed by atoms with van der Waals surface area (Å²) in [6.07, 6.45) is 0. The lowest BCUT2D eigenvalue weighted by atomic mass is 9.99. The number of ether oxygens (including phenoxy) is 2. The fraction of sp³-hybridized carbons (Fsp3) is 0.188. The van der Waals surface area contributed by atoms with Crippen molar-refractivity contribution in [1.82, 2.24) is 0 Å². The Hall–Kier alpha value is -2.38. The van der Waals surface area contributed by atoms with E-state index in [-0.39, 0.29) is 5.56 Å². The first kappa shape index (κ1) is 14.0. The van der Waals surface area contributed by atoms with Crippen LogP contribution in [0.2, 0.25) is 0 Å². The molecule has 0 aliphatic heterocycles. The van der Waals surface area contributed by atoms with E-state index in [9.17, 15) is 4.39 Å². The fourth-order valence-corrected chi connectivity index (χ4v) is 1.91. The van der Waals surface area contributed by atoms with Gasteiger partial charge in [0, 0.05) is 18.2 Å². The van der Waals surface area contributed by atoms with E-state index < -0.39 is 5.82 Å². The molecule has 0 heterocycles. The third-order valence-corrected chi connectivity index (χ3v) is 2.85. The van der Waals surface area contributed by atoms with Gasteiger partial charge in [-0.15, -0.1) is 0 Å². The molecule has 0 amide bonds. The maximum absolute atomic E-state index is 13.7. The van der Waals surface area contributed by atoms with Gasteiger partial charge in [0.2, 0.25) is 0 Å². The smallest absolute Gasteiger partial charge is 0.141 e. The molecule has 0 unspecified atom stereocenters. The highest BCUT2D eigenvalue weighted by Crippen LogP contribution is 2.32. The van der Waals surface area contributed by atoms with E-state index in [0.717, 1.165) is 0 Å². The molecule has 0 spiro atoms. The van der Waals surface area contributed by atoms with Crippen LogP contribution in [0.25, 0.3) is 11.1 Å². The zero-order valence-corrected chi connectivity index (χ0v) is 11.1. The second-order valence-corrected chi connectivity index (χ2v) is 4.11. The Morgan fingerprint density at radius 2 is 1.80 bits per heavy atom. The molecule has 0 aromatic heterocycles. The highest BCUT2D eigenvalue weighted by molar-refractivity contribution is 5.75. The Morgan fingerprint density at radius 1 is 1.05 bits per heavy atom. The van der Waals surface area contributed by atoms with Gasteiger partial charge in [0.1, 0.15) is 24.2 Å². The standard InChI is InChI=1S/C16H14FNO2/c1-19-9-10-20-16-8-3-2-5-13(16)12-6-4-7-15(17)14(12)11-18/h2-8H,9-10H2,1H3. The van der Waals surface area contributed by atoms with E-state index in [0.29, 0.717) is 30.1 Å². The molecule has 0 aliphatic carbocycles. The number of para-hydroxylation sites is 1. The first-order valence-electron chi connectivity index (χ1n) is 6.17. The number of hydrogen-bond acceptors (Lipinski definition) is 3. The SMILES string of the molecule is COCCOc1ccccc1-c1cccc(F)c1C#N. The Morgan fingerprint density at radius 3 is 2.55 bits per heavy atom. The number of hydrogen-bond donors (Lipinski definition) is 0. The minimum atomic E-state index is -0.531. The van der Waals surface area contributed by atoms with Gasteiger partial charge in [-0.05, 0) is 12.1 Å². The van der Waals surface area contributed by atoms with Crippen molar-refractivity contribution in [1.29, 1.82) is 5.26 Å². The van der Waals surface area contributed by atoms with Gasteiger partial charge in [-0.25, -0.2) is 4.39 Å². The number of halogens is 1. The summed E-state index contributed by atoms with van der Waals surface area (Å²) in [6.45, 7) is 0.854. The van der Waals surface area contributed by atoms with Gasteiger partial charge >= 0.3 is 0 Å². The molecular formula is C16H14FNO2. The lowest BCUT2D eigenvalue weighted by Crippen LogP contribution is -2.05. The van der Waals surface area contributed by atoms with Crippen LogP contribution in [0.1, 0.15) is 5.56 Å². The van der Waals surface area contributed by atoms with Crippen LogP contribution in [-0.2, 0) is 4.74 Å². The first-order valence-corrected chi connectivity index (χ1v) is 6.17. The Bertz CT molecular complexity index is 635. The molecule has 4 heteroatoms. The molecule has 0 saturated carbocycles. The molecule has 2 aromatic rings. The van der Waals surface area contributed by atoms with Crippen LogP contribution in [0, 0.1) is 17.1 Å². The Kier molecular flexibility index (Phi) is 4.70. The zero-order valence-electron chi connectivity index (χ0n) is 11.1. The van der Waals surface area contributed by atoms with Crippen molar-refractivity contribution in [2.24, 2.45) is 0 Å². The predicted octanol–water partition coefficient (Wildman–Crippen LogP) is 3.39. The van der Waals surface area contributed by atoms with Crippen LogP contribution in [-0.4, -0.2) is 20.3 Å². The zero-order chi connectivity index (χ0) is 14.4. The van der Waals surface area contributed by atoms with E-state index in [1.165, 1.54) is 6.07 Å². The molecule has 0 radical (unpaired) electrons. The van der Waals surface area contributed by atoms with E-state index in [4.69, 9.17) is 14.7 Å². The minimum absolute atomic E-state index is 0.0234. The molecule has 0 aliphatic rings. The number of nitrogens with zero attached hydrogens (tertiary/aromatic N) is 1. The lowest BCUT2D eigenvalue weighted by Gasteiger charge is -2.12. The van der Waals surface area contributed by atoms with Crippen molar-refractivity contribution in [2.75, 3.05) is 20.3 Å². The molecule has 0 saturated heterocycles. The minimum Gasteiger partial charge on any atom is -0.491 e. The predicted molar refractivity (Wildman–Crippen MR) is 73.9 cm³/mol. The molecule has 20 heavy (non-hydrogen) atoms. The van der Waals surface area contributed by atoms with Gasteiger partial charge in [0.05, 0.1) is 12.2 Å².